The Kier molecular flexibility index (Phi) is 5.74. The largest absolute Gasteiger partial charge is 0.478 e. The van der Waals surface area contributed by atoms with Crippen LogP contribution >= 0.6 is 0 Å². The number of para-hydroxylation sites is 1. The number of hydrogen-bond donors (Lipinski definition) is 2. The van der Waals surface area contributed by atoms with Crippen LogP contribution in [0.15, 0.2) is 34.7 Å². The fourth-order valence-corrected chi connectivity index (χ4v) is 2.37. The van der Waals surface area contributed by atoms with Crippen LogP contribution in [0.2, 0.25) is 0 Å². The van der Waals surface area contributed by atoms with Crippen molar-refractivity contribution in [3.05, 3.63) is 53.0 Å². The van der Waals surface area contributed by atoms with Gasteiger partial charge in [-0.2, -0.15) is 8.78 Å². The smallest absolute Gasteiger partial charge is 0.387 e. The molecular formula is C17H17F2NO5. The van der Waals surface area contributed by atoms with E-state index in [2.05, 4.69) is 10.1 Å². The second kappa shape index (κ2) is 7.78. The molecule has 1 amide bonds. The minimum Gasteiger partial charge on any atom is -0.478 e. The molecule has 0 aliphatic carbocycles. The number of furan rings is 1. The molecule has 0 aliphatic rings. The van der Waals surface area contributed by atoms with Crippen LogP contribution in [0.5, 0.6) is 5.75 Å². The van der Waals surface area contributed by atoms with Crippen molar-refractivity contribution in [1.82, 2.24) is 5.32 Å². The topological polar surface area (TPSA) is 88.8 Å². The molecule has 25 heavy (non-hydrogen) atoms. The SMILES string of the molecule is CCc1oc(C(=O)NC(C)c2ccccc2OC(F)F)cc1C(=O)O. The van der Waals surface area contributed by atoms with Gasteiger partial charge in [0.1, 0.15) is 17.1 Å². The maximum atomic E-state index is 12.5. The highest BCUT2D eigenvalue weighted by molar-refractivity contribution is 5.96. The predicted molar refractivity (Wildman–Crippen MR) is 84.0 cm³/mol. The number of carboxylic acid groups (broad SMARTS) is 1. The van der Waals surface area contributed by atoms with Crippen LogP contribution in [0.1, 0.15) is 52.1 Å². The van der Waals surface area contributed by atoms with Crippen LogP contribution in [0.25, 0.3) is 0 Å². The number of benzene rings is 1. The number of alkyl halides is 2. The third-order valence-electron chi connectivity index (χ3n) is 3.53. The first-order valence-corrected chi connectivity index (χ1v) is 7.54. The fraction of sp³-hybridized carbons (Fsp3) is 0.294. The molecule has 1 aromatic heterocycles. The molecule has 2 aromatic rings. The number of carboxylic acids is 1. The summed E-state index contributed by atoms with van der Waals surface area (Å²) in [5.41, 5.74) is 0.276. The zero-order valence-electron chi connectivity index (χ0n) is 13.6. The Hall–Kier alpha value is -2.90. The number of halogens is 2. The molecule has 0 fully saturated rings. The standard InChI is InChI=1S/C17H17F2NO5/c1-3-12-11(16(22)23)8-14(24-12)15(21)20-9(2)10-6-4-5-7-13(10)25-17(18)19/h4-9,17H,3H2,1-2H3,(H,20,21)(H,22,23). The van der Waals surface area contributed by atoms with Gasteiger partial charge in [0.15, 0.2) is 5.76 Å². The Morgan fingerprint density at radius 1 is 1.32 bits per heavy atom. The molecule has 0 saturated carbocycles. The van der Waals surface area contributed by atoms with Gasteiger partial charge in [-0.15, -0.1) is 0 Å². The normalized spacial score (nSPS) is 12.0. The summed E-state index contributed by atoms with van der Waals surface area (Å²) in [5, 5.41) is 11.7. The summed E-state index contributed by atoms with van der Waals surface area (Å²) in [6, 6.07) is 6.56. The van der Waals surface area contributed by atoms with Gasteiger partial charge in [-0.25, -0.2) is 4.79 Å². The predicted octanol–water partition coefficient (Wildman–Crippen LogP) is 3.63. The molecule has 1 atom stereocenters. The van der Waals surface area contributed by atoms with Gasteiger partial charge in [0.2, 0.25) is 0 Å². The molecule has 0 aliphatic heterocycles. The number of amides is 1. The second-order valence-electron chi connectivity index (χ2n) is 5.22. The molecule has 1 heterocycles. The molecule has 2 rings (SSSR count). The Balaban J connectivity index is 2.20. The van der Waals surface area contributed by atoms with E-state index in [9.17, 15) is 18.4 Å². The Labute approximate surface area is 142 Å². The summed E-state index contributed by atoms with van der Waals surface area (Å²) in [7, 11) is 0. The minimum absolute atomic E-state index is 0.0507. The van der Waals surface area contributed by atoms with Crippen molar-refractivity contribution in [3.63, 3.8) is 0 Å². The lowest BCUT2D eigenvalue weighted by Gasteiger charge is -2.17. The third-order valence-corrected chi connectivity index (χ3v) is 3.53. The maximum absolute atomic E-state index is 12.5. The van der Waals surface area contributed by atoms with Gasteiger partial charge in [-0.1, -0.05) is 25.1 Å². The molecule has 2 N–H and O–H groups in total. The summed E-state index contributed by atoms with van der Waals surface area (Å²) >= 11 is 0. The van der Waals surface area contributed by atoms with Crippen LogP contribution in [-0.4, -0.2) is 23.6 Å². The number of aromatic carboxylic acids is 1. The number of carbonyl (C=O) groups excluding carboxylic acids is 1. The van der Waals surface area contributed by atoms with Crippen molar-refractivity contribution in [2.75, 3.05) is 0 Å². The summed E-state index contributed by atoms with van der Waals surface area (Å²) in [6.45, 7) is 0.306. The first-order chi connectivity index (χ1) is 11.8. The van der Waals surface area contributed by atoms with E-state index in [1.807, 2.05) is 0 Å². The first-order valence-electron chi connectivity index (χ1n) is 7.54. The van der Waals surface area contributed by atoms with Gasteiger partial charge < -0.3 is 19.6 Å². The number of rotatable bonds is 7. The van der Waals surface area contributed by atoms with Crippen molar-refractivity contribution < 1.29 is 32.6 Å². The summed E-state index contributed by atoms with van der Waals surface area (Å²) in [6.07, 6.45) is 0.315. The molecule has 0 spiro atoms. The molecule has 8 heteroatoms. The van der Waals surface area contributed by atoms with E-state index >= 15 is 0 Å². The molecule has 134 valence electrons. The summed E-state index contributed by atoms with van der Waals surface area (Å²) in [4.78, 5) is 23.4. The van der Waals surface area contributed by atoms with Gasteiger partial charge >= 0.3 is 12.6 Å². The summed E-state index contributed by atoms with van der Waals surface area (Å²) in [5.74, 6) is -1.87. The quantitative estimate of drug-likeness (QED) is 0.793. The van der Waals surface area contributed by atoms with E-state index in [4.69, 9.17) is 9.52 Å². The van der Waals surface area contributed by atoms with Crippen LogP contribution in [0.4, 0.5) is 8.78 Å². The average molecular weight is 353 g/mol. The van der Waals surface area contributed by atoms with Gasteiger partial charge in [-0.05, 0) is 13.0 Å². The Bertz CT molecular complexity index is 772. The van der Waals surface area contributed by atoms with Gasteiger partial charge in [0.05, 0.1) is 6.04 Å². The summed E-state index contributed by atoms with van der Waals surface area (Å²) < 4.78 is 34.7. The van der Waals surface area contributed by atoms with E-state index in [1.54, 1.807) is 26.0 Å². The van der Waals surface area contributed by atoms with E-state index in [-0.39, 0.29) is 22.8 Å². The first kappa shape index (κ1) is 18.4. The monoisotopic (exact) mass is 353 g/mol. The van der Waals surface area contributed by atoms with E-state index in [0.29, 0.717) is 12.0 Å². The molecule has 1 aromatic carbocycles. The Morgan fingerprint density at radius 2 is 2.00 bits per heavy atom. The van der Waals surface area contributed by atoms with Crippen LogP contribution < -0.4 is 10.1 Å². The van der Waals surface area contributed by atoms with Crippen molar-refractivity contribution in [3.8, 4) is 5.75 Å². The van der Waals surface area contributed by atoms with Gasteiger partial charge in [0, 0.05) is 18.1 Å². The highest BCUT2D eigenvalue weighted by atomic mass is 19.3. The van der Waals surface area contributed by atoms with Gasteiger partial charge in [0.25, 0.3) is 5.91 Å². The van der Waals surface area contributed by atoms with E-state index in [1.165, 1.54) is 12.1 Å². The van der Waals surface area contributed by atoms with Gasteiger partial charge in [-0.3, -0.25) is 4.79 Å². The lowest BCUT2D eigenvalue weighted by molar-refractivity contribution is -0.0506. The minimum atomic E-state index is -2.99. The zero-order chi connectivity index (χ0) is 18.6. The molecular weight excluding hydrogens is 336 g/mol. The van der Waals surface area contributed by atoms with Crippen LogP contribution in [0.3, 0.4) is 0 Å². The van der Waals surface area contributed by atoms with Crippen LogP contribution in [0, 0.1) is 0 Å². The van der Waals surface area contributed by atoms with Crippen molar-refractivity contribution >= 4 is 11.9 Å². The Morgan fingerprint density at radius 3 is 2.56 bits per heavy atom. The molecule has 0 saturated heterocycles. The zero-order valence-corrected chi connectivity index (χ0v) is 13.6. The number of nitrogens with one attached hydrogen (secondary N) is 1. The number of carbonyl (C=O) groups is 2. The van der Waals surface area contributed by atoms with Crippen molar-refractivity contribution in [2.45, 2.75) is 32.9 Å². The average Bonchev–Trinajstić information content (AvgIpc) is 2.99. The second-order valence-corrected chi connectivity index (χ2v) is 5.22. The third kappa shape index (κ3) is 4.34. The van der Waals surface area contributed by atoms with E-state index in [0.717, 1.165) is 6.07 Å². The number of ether oxygens (including phenoxy) is 1. The van der Waals surface area contributed by atoms with Crippen LogP contribution in [-0.2, 0) is 6.42 Å². The molecule has 0 bridgehead atoms. The molecule has 0 radical (unpaired) electrons. The molecule has 1 unspecified atom stereocenters. The van der Waals surface area contributed by atoms with E-state index < -0.39 is 24.5 Å². The van der Waals surface area contributed by atoms with Crippen molar-refractivity contribution in [2.24, 2.45) is 0 Å². The van der Waals surface area contributed by atoms with Crippen molar-refractivity contribution in [1.29, 1.82) is 0 Å². The number of aryl methyl sites for hydroxylation is 1. The fourth-order valence-electron chi connectivity index (χ4n) is 2.37. The highest BCUT2D eigenvalue weighted by Crippen LogP contribution is 2.27. The molecule has 6 nitrogen and oxygen atoms in total. The lowest BCUT2D eigenvalue weighted by Crippen LogP contribution is -2.26. The maximum Gasteiger partial charge on any atom is 0.387 e. The number of hydrogen-bond acceptors (Lipinski definition) is 4. The lowest BCUT2D eigenvalue weighted by atomic mass is 10.1. The highest BCUT2D eigenvalue weighted by Gasteiger charge is 2.22.